The van der Waals surface area contributed by atoms with Crippen molar-refractivity contribution in [1.82, 2.24) is 14.9 Å². The maximum absolute atomic E-state index is 11.8. The van der Waals surface area contributed by atoms with Crippen molar-refractivity contribution < 1.29 is 4.79 Å². The highest BCUT2D eigenvalue weighted by Gasteiger charge is 2.16. The molecule has 98 valence electrons. The summed E-state index contributed by atoms with van der Waals surface area (Å²) in [4.78, 5) is 22.2. The van der Waals surface area contributed by atoms with E-state index in [0.29, 0.717) is 13.0 Å². The van der Waals surface area contributed by atoms with Gasteiger partial charge in [-0.15, -0.1) is 11.8 Å². The Kier molecular flexibility index (Phi) is 4.81. The number of nitrogens with one attached hydrogen (secondary N) is 1. The highest BCUT2D eigenvalue weighted by Crippen LogP contribution is 2.12. The lowest BCUT2D eigenvalue weighted by atomic mass is 10.3. The number of aromatic nitrogens is 2. The van der Waals surface area contributed by atoms with Crippen LogP contribution in [-0.2, 0) is 4.79 Å². The van der Waals surface area contributed by atoms with Gasteiger partial charge in [0.15, 0.2) is 0 Å². The van der Waals surface area contributed by atoms with Gasteiger partial charge in [-0.05, 0) is 19.1 Å². The SMILES string of the molecule is CSc1cncc(NCCC(=O)N2CCCC2)n1. The molecule has 0 radical (unpaired) electrons. The van der Waals surface area contributed by atoms with Gasteiger partial charge in [0.05, 0.1) is 12.4 Å². The summed E-state index contributed by atoms with van der Waals surface area (Å²) in [5, 5.41) is 4.02. The molecule has 1 aliphatic heterocycles. The van der Waals surface area contributed by atoms with Gasteiger partial charge < -0.3 is 10.2 Å². The molecular formula is C12H18N4OS. The summed E-state index contributed by atoms with van der Waals surface area (Å²) in [5.41, 5.74) is 0. The van der Waals surface area contributed by atoms with Gasteiger partial charge in [-0.2, -0.15) is 0 Å². The molecule has 1 aliphatic rings. The normalized spacial score (nSPS) is 14.8. The summed E-state index contributed by atoms with van der Waals surface area (Å²) in [6.45, 7) is 2.45. The first-order chi connectivity index (χ1) is 8.79. The fraction of sp³-hybridized carbons (Fsp3) is 0.583. The number of rotatable bonds is 5. The number of nitrogens with zero attached hydrogens (tertiary/aromatic N) is 3. The molecule has 1 fully saturated rings. The third kappa shape index (κ3) is 3.60. The molecule has 6 heteroatoms. The highest BCUT2D eigenvalue weighted by atomic mass is 32.2. The second kappa shape index (κ2) is 6.58. The van der Waals surface area contributed by atoms with E-state index in [2.05, 4.69) is 15.3 Å². The van der Waals surface area contributed by atoms with Crippen molar-refractivity contribution in [2.45, 2.75) is 24.3 Å². The number of amides is 1. The highest BCUT2D eigenvalue weighted by molar-refractivity contribution is 7.98. The molecule has 1 aromatic rings. The Morgan fingerprint density at radius 2 is 2.22 bits per heavy atom. The predicted octanol–water partition coefficient (Wildman–Crippen LogP) is 1.62. The van der Waals surface area contributed by atoms with Gasteiger partial charge in [-0.25, -0.2) is 4.98 Å². The van der Waals surface area contributed by atoms with Crippen molar-refractivity contribution >= 4 is 23.5 Å². The van der Waals surface area contributed by atoms with Crippen molar-refractivity contribution in [3.05, 3.63) is 12.4 Å². The van der Waals surface area contributed by atoms with Gasteiger partial charge in [0.1, 0.15) is 10.8 Å². The van der Waals surface area contributed by atoms with Gasteiger partial charge in [-0.1, -0.05) is 0 Å². The molecular weight excluding hydrogens is 248 g/mol. The molecule has 0 unspecified atom stereocenters. The lowest BCUT2D eigenvalue weighted by molar-refractivity contribution is -0.129. The number of hydrogen-bond donors (Lipinski definition) is 1. The number of likely N-dealkylation sites (tertiary alicyclic amines) is 1. The molecule has 18 heavy (non-hydrogen) atoms. The Morgan fingerprint density at radius 3 is 2.94 bits per heavy atom. The monoisotopic (exact) mass is 266 g/mol. The topological polar surface area (TPSA) is 58.1 Å². The first-order valence-corrected chi connectivity index (χ1v) is 7.40. The van der Waals surface area contributed by atoms with Crippen LogP contribution in [0.25, 0.3) is 0 Å². The van der Waals surface area contributed by atoms with Crippen LogP contribution in [0.3, 0.4) is 0 Å². The molecule has 1 N–H and O–H groups in total. The van der Waals surface area contributed by atoms with Crippen molar-refractivity contribution in [1.29, 1.82) is 0 Å². The number of anilines is 1. The van der Waals surface area contributed by atoms with Crippen molar-refractivity contribution in [3.8, 4) is 0 Å². The molecule has 1 saturated heterocycles. The molecule has 0 bridgehead atoms. The number of thioether (sulfide) groups is 1. The molecule has 0 atom stereocenters. The van der Waals surface area contributed by atoms with Crippen LogP contribution in [0.4, 0.5) is 5.82 Å². The van der Waals surface area contributed by atoms with Crippen LogP contribution < -0.4 is 5.32 Å². The van der Waals surface area contributed by atoms with E-state index >= 15 is 0 Å². The van der Waals surface area contributed by atoms with E-state index in [4.69, 9.17) is 0 Å². The second-order valence-corrected chi connectivity index (χ2v) is 5.04. The van der Waals surface area contributed by atoms with Crippen molar-refractivity contribution in [2.24, 2.45) is 0 Å². The van der Waals surface area contributed by atoms with Crippen LogP contribution in [0.2, 0.25) is 0 Å². The van der Waals surface area contributed by atoms with E-state index < -0.39 is 0 Å². The van der Waals surface area contributed by atoms with E-state index in [0.717, 1.165) is 36.8 Å². The van der Waals surface area contributed by atoms with Gasteiger partial charge in [0.2, 0.25) is 5.91 Å². The maximum Gasteiger partial charge on any atom is 0.224 e. The minimum Gasteiger partial charge on any atom is -0.368 e. The lowest BCUT2D eigenvalue weighted by Crippen LogP contribution is -2.29. The molecule has 1 amide bonds. The van der Waals surface area contributed by atoms with Crippen LogP contribution >= 0.6 is 11.8 Å². The second-order valence-electron chi connectivity index (χ2n) is 4.21. The zero-order valence-corrected chi connectivity index (χ0v) is 11.4. The average Bonchev–Trinajstić information content (AvgIpc) is 2.93. The minimum absolute atomic E-state index is 0.231. The van der Waals surface area contributed by atoms with Crippen molar-refractivity contribution in [3.63, 3.8) is 0 Å². The Balaban J connectivity index is 1.75. The quantitative estimate of drug-likeness (QED) is 0.821. The molecule has 0 aliphatic carbocycles. The minimum atomic E-state index is 0.231. The van der Waals surface area contributed by atoms with Crippen LogP contribution in [0, 0.1) is 0 Å². The molecule has 0 aromatic carbocycles. The number of carbonyl (C=O) groups is 1. The Hall–Kier alpha value is -1.30. The fourth-order valence-electron chi connectivity index (χ4n) is 1.95. The van der Waals surface area contributed by atoms with E-state index in [9.17, 15) is 4.79 Å². The average molecular weight is 266 g/mol. The molecule has 2 rings (SSSR count). The molecule has 1 aromatic heterocycles. The Morgan fingerprint density at radius 1 is 1.44 bits per heavy atom. The Labute approximate surface area is 111 Å². The number of hydrogen-bond acceptors (Lipinski definition) is 5. The summed E-state index contributed by atoms with van der Waals surface area (Å²) in [6, 6.07) is 0. The van der Waals surface area contributed by atoms with Crippen molar-refractivity contribution in [2.75, 3.05) is 31.2 Å². The largest absolute Gasteiger partial charge is 0.368 e. The van der Waals surface area contributed by atoms with E-state index in [1.165, 1.54) is 0 Å². The lowest BCUT2D eigenvalue weighted by Gasteiger charge is -2.15. The summed E-state index contributed by atoms with van der Waals surface area (Å²) in [5.74, 6) is 0.963. The van der Waals surface area contributed by atoms with Gasteiger partial charge >= 0.3 is 0 Å². The van der Waals surface area contributed by atoms with E-state index in [1.54, 1.807) is 24.2 Å². The van der Waals surface area contributed by atoms with Crippen LogP contribution in [0.15, 0.2) is 17.4 Å². The predicted molar refractivity (Wildman–Crippen MR) is 72.7 cm³/mol. The molecule has 0 saturated carbocycles. The van der Waals surface area contributed by atoms with Gasteiger partial charge in [0.25, 0.3) is 0 Å². The summed E-state index contributed by atoms with van der Waals surface area (Å²) in [6.07, 6.45) is 8.17. The van der Waals surface area contributed by atoms with Crippen LogP contribution in [-0.4, -0.2) is 46.7 Å². The first-order valence-electron chi connectivity index (χ1n) is 6.17. The van der Waals surface area contributed by atoms with Crippen LogP contribution in [0.1, 0.15) is 19.3 Å². The third-order valence-corrected chi connectivity index (χ3v) is 3.54. The van der Waals surface area contributed by atoms with E-state index in [-0.39, 0.29) is 5.91 Å². The first kappa shape index (κ1) is 13.1. The third-order valence-electron chi connectivity index (χ3n) is 2.93. The van der Waals surface area contributed by atoms with Crippen LogP contribution in [0.5, 0.6) is 0 Å². The Bertz CT molecular complexity index is 407. The molecule has 5 nitrogen and oxygen atoms in total. The molecule has 0 spiro atoms. The van der Waals surface area contributed by atoms with Gasteiger partial charge in [0, 0.05) is 26.1 Å². The van der Waals surface area contributed by atoms with E-state index in [1.807, 2.05) is 11.2 Å². The zero-order chi connectivity index (χ0) is 12.8. The van der Waals surface area contributed by atoms with Gasteiger partial charge in [-0.3, -0.25) is 9.78 Å². The molecule has 2 heterocycles. The number of carbonyl (C=O) groups excluding carboxylic acids is 1. The zero-order valence-electron chi connectivity index (χ0n) is 10.6. The fourth-order valence-corrected chi connectivity index (χ4v) is 2.31. The summed E-state index contributed by atoms with van der Waals surface area (Å²) in [7, 11) is 0. The summed E-state index contributed by atoms with van der Waals surface area (Å²) >= 11 is 1.55. The maximum atomic E-state index is 11.8. The standard InChI is InChI=1S/C12H18N4OS/c1-18-11-9-13-8-10(15-11)14-5-4-12(17)16-6-2-3-7-16/h8-9H,2-7H2,1H3,(H,14,15). The summed E-state index contributed by atoms with van der Waals surface area (Å²) < 4.78 is 0. The smallest absolute Gasteiger partial charge is 0.224 e.